The lowest BCUT2D eigenvalue weighted by molar-refractivity contribution is 0.0395. The van der Waals surface area contributed by atoms with Crippen molar-refractivity contribution in [2.75, 3.05) is 63.8 Å². The molecule has 0 saturated carbocycles. The molecule has 1 fully saturated rings. The first-order valence-corrected chi connectivity index (χ1v) is 14.0. The maximum Gasteiger partial charge on any atom is 0.425 e. The number of rotatable bonds is 11. The molecule has 228 valence electrons. The van der Waals surface area contributed by atoms with E-state index in [1.54, 1.807) is 44.5 Å². The molecular weight excluding hydrogens is 550 g/mol. The fourth-order valence-electron chi connectivity index (χ4n) is 4.53. The van der Waals surface area contributed by atoms with Crippen LogP contribution in [0.5, 0.6) is 17.2 Å². The van der Waals surface area contributed by atoms with Crippen LogP contribution in [0.2, 0.25) is 0 Å². The van der Waals surface area contributed by atoms with Crippen LogP contribution in [0.15, 0.2) is 59.4 Å². The second-order valence-corrected chi connectivity index (χ2v) is 9.89. The van der Waals surface area contributed by atoms with Gasteiger partial charge in [0.25, 0.3) is 0 Å². The summed E-state index contributed by atoms with van der Waals surface area (Å²) >= 11 is 0. The number of para-hydroxylation sites is 1. The third kappa shape index (κ3) is 8.21. The Hall–Kier alpha value is -4.68. The van der Waals surface area contributed by atoms with E-state index in [4.69, 9.17) is 24.7 Å². The van der Waals surface area contributed by atoms with E-state index in [0.29, 0.717) is 40.9 Å². The van der Waals surface area contributed by atoms with Crippen molar-refractivity contribution in [2.24, 2.45) is 10.7 Å². The highest BCUT2D eigenvalue weighted by Crippen LogP contribution is 2.37. The van der Waals surface area contributed by atoms with Gasteiger partial charge in [-0.05, 0) is 44.0 Å². The number of hydrogen-bond acceptors (Lipinski definition) is 11. The number of nitrogens with zero attached hydrogens (tertiary/aromatic N) is 5. The van der Waals surface area contributed by atoms with E-state index in [1.807, 2.05) is 32.0 Å². The Bertz CT molecular complexity index is 1450. The summed E-state index contributed by atoms with van der Waals surface area (Å²) in [5.74, 6) is 1.91. The predicted molar refractivity (Wildman–Crippen MR) is 167 cm³/mol. The van der Waals surface area contributed by atoms with Crippen LogP contribution in [0.3, 0.4) is 0 Å². The molecule has 3 N–H and O–H groups in total. The molecule has 1 amide bonds. The average molecular weight is 590 g/mol. The number of aromatic nitrogens is 2. The van der Waals surface area contributed by atoms with E-state index in [0.717, 1.165) is 44.0 Å². The van der Waals surface area contributed by atoms with Gasteiger partial charge in [-0.1, -0.05) is 18.2 Å². The third-order valence-corrected chi connectivity index (χ3v) is 6.79. The molecule has 0 atom stereocenters. The molecule has 4 rings (SSSR count). The zero-order valence-electron chi connectivity index (χ0n) is 25.3. The summed E-state index contributed by atoms with van der Waals surface area (Å²) in [6.45, 7) is 10.3. The number of morpholine rings is 1. The van der Waals surface area contributed by atoms with Gasteiger partial charge in [0.05, 0.1) is 45.4 Å². The predicted octanol–water partition coefficient (Wildman–Crippen LogP) is 4.37. The zero-order chi connectivity index (χ0) is 30.8. The van der Waals surface area contributed by atoms with Crippen molar-refractivity contribution in [2.45, 2.75) is 20.8 Å². The van der Waals surface area contributed by atoms with E-state index in [1.165, 1.54) is 18.2 Å². The first-order valence-electron chi connectivity index (χ1n) is 14.0. The summed E-state index contributed by atoms with van der Waals surface area (Å²) in [7, 11) is 3.07. The van der Waals surface area contributed by atoms with Crippen molar-refractivity contribution in [3.05, 3.63) is 71.2 Å². The van der Waals surface area contributed by atoms with Gasteiger partial charge in [0.2, 0.25) is 5.95 Å². The van der Waals surface area contributed by atoms with Crippen LogP contribution < -0.4 is 30.2 Å². The number of aliphatic imine (C=N–C) groups is 1. The van der Waals surface area contributed by atoms with Crippen LogP contribution in [-0.2, 0) is 4.74 Å². The number of carbonyl (C=O) groups excluding carboxylic acids is 1. The van der Waals surface area contributed by atoms with Gasteiger partial charge in [0.1, 0.15) is 23.1 Å². The number of aryl methyl sites for hydroxylation is 3. The Morgan fingerprint density at radius 3 is 2.51 bits per heavy atom. The molecule has 0 aliphatic carbocycles. The molecule has 1 saturated heterocycles. The lowest BCUT2D eigenvalue weighted by Crippen LogP contribution is -2.37. The molecule has 1 aliphatic heterocycles. The Morgan fingerprint density at radius 2 is 1.84 bits per heavy atom. The van der Waals surface area contributed by atoms with Crippen LogP contribution in [0, 0.1) is 20.8 Å². The summed E-state index contributed by atoms with van der Waals surface area (Å²) in [6.07, 6.45) is 2.36. The summed E-state index contributed by atoms with van der Waals surface area (Å²) in [4.78, 5) is 31.2. The molecule has 1 aliphatic rings. The van der Waals surface area contributed by atoms with Crippen molar-refractivity contribution in [3.8, 4) is 17.2 Å². The maximum atomic E-state index is 13.9. The van der Waals surface area contributed by atoms with Crippen molar-refractivity contribution < 1.29 is 23.7 Å². The van der Waals surface area contributed by atoms with Crippen LogP contribution in [0.4, 0.5) is 22.2 Å². The van der Waals surface area contributed by atoms with Gasteiger partial charge in [0, 0.05) is 49.9 Å². The lowest BCUT2D eigenvalue weighted by Gasteiger charge is -2.25. The molecule has 0 radical (unpaired) electrons. The molecule has 0 spiro atoms. The first-order chi connectivity index (χ1) is 20.8. The molecule has 12 nitrogen and oxygen atoms in total. The summed E-state index contributed by atoms with van der Waals surface area (Å²) in [6, 6.07) is 12.5. The summed E-state index contributed by atoms with van der Waals surface area (Å²) in [5, 5.41) is 3.11. The number of nitrogens with two attached hydrogens (primary N) is 1. The topological polar surface area (TPSA) is 137 Å². The highest BCUT2D eigenvalue weighted by atomic mass is 16.6. The maximum absolute atomic E-state index is 13.9. The van der Waals surface area contributed by atoms with E-state index >= 15 is 0 Å². The monoisotopic (exact) mass is 589 g/mol. The molecule has 12 heteroatoms. The van der Waals surface area contributed by atoms with Gasteiger partial charge >= 0.3 is 6.09 Å². The number of ether oxygens (including phenoxy) is 4. The molecular formula is C31H39N7O5. The fraction of sp³-hybridized carbons (Fsp3) is 0.355. The number of methoxy groups -OCH3 is 2. The molecule has 0 bridgehead atoms. The highest BCUT2D eigenvalue weighted by Gasteiger charge is 2.27. The number of amides is 1. The number of allylic oxidation sites excluding steroid dienone is 1. The Balaban J connectivity index is 1.64. The van der Waals surface area contributed by atoms with E-state index < -0.39 is 6.09 Å². The molecule has 43 heavy (non-hydrogen) atoms. The minimum Gasteiger partial charge on any atom is -0.497 e. The first kappa shape index (κ1) is 31.3. The molecule has 1 aromatic heterocycles. The second-order valence-electron chi connectivity index (χ2n) is 9.89. The van der Waals surface area contributed by atoms with Crippen molar-refractivity contribution in [1.82, 2.24) is 14.9 Å². The number of benzene rings is 2. The van der Waals surface area contributed by atoms with Crippen LogP contribution >= 0.6 is 0 Å². The number of anilines is 3. The number of hydrogen-bond donors (Lipinski definition) is 2. The van der Waals surface area contributed by atoms with E-state index in [-0.39, 0.29) is 11.8 Å². The van der Waals surface area contributed by atoms with Crippen molar-refractivity contribution >= 4 is 29.8 Å². The van der Waals surface area contributed by atoms with Gasteiger partial charge < -0.3 is 30.0 Å². The van der Waals surface area contributed by atoms with Gasteiger partial charge in [-0.3, -0.25) is 9.89 Å². The Morgan fingerprint density at radius 1 is 1.09 bits per heavy atom. The Labute approximate surface area is 252 Å². The SMILES string of the molecule is COc1ccc(N(C(=O)Oc2c(C)cccc2C)c2cc(C)nc(NC(C=NCCN3CCOCC3)=CN)n2)c(OC)c1. The van der Waals surface area contributed by atoms with E-state index in [9.17, 15) is 4.79 Å². The normalized spacial score (nSPS) is 14.0. The van der Waals surface area contributed by atoms with Gasteiger partial charge in [-0.15, -0.1) is 0 Å². The second kappa shape index (κ2) is 15.0. The largest absolute Gasteiger partial charge is 0.497 e. The molecule has 2 aromatic carbocycles. The van der Waals surface area contributed by atoms with Crippen LogP contribution in [-0.4, -0.2) is 80.8 Å². The number of nitrogens with one attached hydrogen (secondary N) is 1. The van der Waals surface area contributed by atoms with Crippen LogP contribution in [0.1, 0.15) is 16.8 Å². The zero-order valence-corrected chi connectivity index (χ0v) is 25.3. The summed E-state index contributed by atoms with van der Waals surface area (Å²) < 4.78 is 22.4. The fourth-order valence-corrected chi connectivity index (χ4v) is 4.53. The van der Waals surface area contributed by atoms with Crippen LogP contribution in [0.25, 0.3) is 0 Å². The molecule has 0 unspecified atom stereocenters. The molecule has 3 aromatic rings. The number of carbonyl (C=O) groups is 1. The highest BCUT2D eigenvalue weighted by molar-refractivity contribution is 5.98. The molecule has 2 heterocycles. The van der Waals surface area contributed by atoms with Gasteiger partial charge in [-0.25, -0.2) is 14.7 Å². The van der Waals surface area contributed by atoms with Gasteiger partial charge in [-0.2, -0.15) is 4.98 Å². The minimum absolute atomic E-state index is 0.226. The standard InChI is InChI=1S/C31H39N7O5/c1-21-7-6-8-22(2)29(21)43-31(39)38(26-10-9-25(40-4)18-27(26)41-5)28-17-23(3)34-30(36-28)35-24(19-32)20-33-11-12-37-13-15-42-16-14-37/h6-10,17-20H,11-16,32H2,1-5H3,(H,34,35,36). The summed E-state index contributed by atoms with van der Waals surface area (Å²) in [5.41, 5.74) is 9.04. The minimum atomic E-state index is -0.677. The van der Waals surface area contributed by atoms with E-state index in [2.05, 4.69) is 25.2 Å². The average Bonchev–Trinajstić information content (AvgIpc) is 3.01. The van der Waals surface area contributed by atoms with Crippen molar-refractivity contribution in [3.63, 3.8) is 0 Å². The quantitative estimate of drug-likeness (QED) is 0.310. The lowest BCUT2D eigenvalue weighted by atomic mass is 10.1. The van der Waals surface area contributed by atoms with Crippen molar-refractivity contribution in [1.29, 1.82) is 0 Å². The third-order valence-electron chi connectivity index (χ3n) is 6.79. The smallest absolute Gasteiger partial charge is 0.425 e. The Kier molecular flexibility index (Phi) is 10.9. The van der Waals surface area contributed by atoms with Gasteiger partial charge in [0.15, 0.2) is 0 Å².